The van der Waals surface area contributed by atoms with Crippen LogP contribution in [-0.2, 0) is 17.7 Å². The van der Waals surface area contributed by atoms with Gasteiger partial charge in [0, 0.05) is 49.5 Å². The maximum atomic E-state index is 13.0. The van der Waals surface area contributed by atoms with Crippen LogP contribution in [0.2, 0.25) is 0 Å². The first-order valence-electron chi connectivity index (χ1n) is 11.3. The van der Waals surface area contributed by atoms with E-state index in [2.05, 4.69) is 25.4 Å². The van der Waals surface area contributed by atoms with Crippen LogP contribution >= 0.6 is 0 Å². The van der Waals surface area contributed by atoms with Gasteiger partial charge in [0.25, 0.3) is 11.6 Å². The summed E-state index contributed by atoms with van der Waals surface area (Å²) in [6.07, 6.45) is 4.28. The number of ether oxygens (including phenoxy) is 1. The minimum atomic E-state index is -0.505. The van der Waals surface area contributed by atoms with Crippen LogP contribution in [0.1, 0.15) is 41.0 Å². The lowest BCUT2D eigenvalue weighted by Gasteiger charge is -2.13. The Balaban J connectivity index is 1.57. The van der Waals surface area contributed by atoms with Gasteiger partial charge in [-0.3, -0.25) is 14.9 Å². The molecule has 2 N–H and O–H groups in total. The van der Waals surface area contributed by atoms with Crippen LogP contribution in [0.25, 0.3) is 11.4 Å². The van der Waals surface area contributed by atoms with Crippen molar-refractivity contribution in [2.75, 3.05) is 30.9 Å². The van der Waals surface area contributed by atoms with Gasteiger partial charge in [-0.15, -0.1) is 10.2 Å². The van der Waals surface area contributed by atoms with E-state index in [0.29, 0.717) is 24.5 Å². The number of aryl methyl sites for hydroxylation is 2. The number of amides is 1. The SMILES string of the molecule is COCCNc1ccc(C(=O)Nc2cc(-c3nnc4n3CCCCC4)ccc2C)cc1[N+](=O)[O-]. The molecular formula is C24H28N6O4. The lowest BCUT2D eigenvalue weighted by atomic mass is 10.1. The fourth-order valence-corrected chi connectivity index (χ4v) is 4.05. The number of nitro benzene ring substituents is 1. The predicted octanol–water partition coefficient (Wildman–Crippen LogP) is 4.20. The van der Waals surface area contributed by atoms with Gasteiger partial charge in [0.1, 0.15) is 11.5 Å². The Morgan fingerprint density at radius 1 is 1.15 bits per heavy atom. The van der Waals surface area contributed by atoms with Crippen LogP contribution in [0.15, 0.2) is 36.4 Å². The van der Waals surface area contributed by atoms with Gasteiger partial charge >= 0.3 is 0 Å². The zero-order chi connectivity index (χ0) is 24.1. The highest BCUT2D eigenvalue weighted by molar-refractivity contribution is 6.05. The molecule has 2 heterocycles. The molecule has 0 bridgehead atoms. The van der Waals surface area contributed by atoms with E-state index < -0.39 is 10.8 Å². The molecule has 10 nitrogen and oxygen atoms in total. The average molecular weight is 465 g/mol. The largest absolute Gasteiger partial charge is 0.383 e. The first-order valence-corrected chi connectivity index (χ1v) is 11.3. The topological polar surface area (TPSA) is 124 Å². The van der Waals surface area contributed by atoms with Crippen molar-refractivity contribution in [3.05, 3.63) is 63.5 Å². The molecule has 0 radical (unpaired) electrons. The van der Waals surface area contributed by atoms with Crippen LogP contribution < -0.4 is 10.6 Å². The molecule has 34 heavy (non-hydrogen) atoms. The molecule has 10 heteroatoms. The lowest BCUT2D eigenvalue weighted by molar-refractivity contribution is -0.384. The number of benzene rings is 2. The summed E-state index contributed by atoms with van der Waals surface area (Å²) in [5, 5.41) is 26.2. The van der Waals surface area contributed by atoms with Crippen LogP contribution in [-0.4, -0.2) is 45.9 Å². The number of methoxy groups -OCH3 is 1. The molecule has 4 rings (SSSR count). The Morgan fingerprint density at radius 3 is 2.79 bits per heavy atom. The molecule has 0 saturated carbocycles. The van der Waals surface area contributed by atoms with E-state index in [-0.39, 0.29) is 11.3 Å². The van der Waals surface area contributed by atoms with E-state index >= 15 is 0 Å². The molecule has 0 saturated heterocycles. The minimum Gasteiger partial charge on any atom is -0.383 e. The maximum absolute atomic E-state index is 13.0. The number of rotatable bonds is 8. The fourth-order valence-electron chi connectivity index (χ4n) is 4.05. The van der Waals surface area contributed by atoms with Gasteiger partial charge in [-0.05, 0) is 43.5 Å². The zero-order valence-corrected chi connectivity index (χ0v) is 19.3. The Morgan fingerprint density at radius 2 is 2.00 bits per heavy atom. The molecule has 0 atom stereocenters. The second kappa shape index (κ2) is 10.4. The lowest BCUT2D eigenvalue weighted by Crippen LogP contribution is -2.14. The van der Waals surface area contributed by atoms with Crippen molar-refractivity contribution in [1.82, 2.24) is 14.8 Å². The van der Waals surface area contributed by atoms with E-state index in [1.165, 1.54) is 18.6 Å². The Kier molecular flexibility index (Phi) is 7.17. The van der Waals surface area contributed by atoms with E-state index in [1.54, 1.807) is 13.2 Å². The number of carbonyl (C=O) groups excluding carboxylic acids is 1. The molecule has 1 aliphatic heterocycles. The first-order chi connectivity index (χ1) is 16.5. The third-order valence-corrected chi connectivity index (χ3v) is 5.93. The summed E-state index contributed by atoms with van der Waals surface area (Å²) in [6.45, 7) is 3.60. The predicted molar refractivity (Wildman–Crippen MR) is 129 cm³/mol. The van der Waals surface area contributed by atoms with Gasteiger partial charge in [-0.2, -0.15) is 0 Å². The molecule has 2 aromatic carbocycles. The molecule has 0 aliphatic carbocycles. The molecule has 0 fully saturated rings. The highest BCUT2D eigenvalue weighted by Gasteiger charge is 2.20. The van der Waals surface area contributed by atoms with Gasteiger partial charge in [0.15, 0.2) is 5.82 Å². The van der Waals surface area contributed by atoms with Crippen molar-refractivity contribution in [3.8, 4) is 11.4 Å². The minimum absolute atomic E-state index is 0.166. The highest BCUT2D eigenvalue weighted by atomic mass is 16.6. The summed E-state index contributed by atoms with van der Waals surface area (Å²) in [6, 6.07) is 10.2. The smallest absolute Gasteiger partial charge is 0.293 e. The molecule has 178 valence electrons. The van der Waals surface area contributed by atoms with Crippen molar-refractivity contribution < 1.29 is 14.5 Å². The maximum Gasteiger partial charge on any atom is 0.293 e. The summed E-state index contributed by atoms with van der Waals surface area (Å²) >= 11 is 0. The zero-order valence-electron chi connectivity index (χ0n) is 19.3. The summed E-state index contributed by atoms with van der Waals surface area (Å²) < 4.78 is 7.12. The number of hydrogen-bond acceptors (Lipinski definition) is 7. The molecule has 3 aromatic rings. The van der Waals surface area contributed by atoms with Gasteiger partial charge in [-0.1, -0.05) is 18.6 Å². The van der Waals surface area contributed by atoms with E-state index in [0.717, 1.165) is 48.6 Å². The number of hydrogen-bond donors (Lipinski definition) is 2. The Labute approximate surface area is 197 Å². The summed E-state index contributed by atoms with van der Waals surface area (Å²) in [7, 11) is 1.56. The molecule has 1 amide bonds. The van der Waals surface area contributed by atoms with Gasteiger partial charge in [0.05, 0.1) is 11.5 Å². The quantitative estimate of drug-likeness (QED) is 0.291. The Bertz CT molecular complexity index is 1210. The number of anilines is 2. The van der Waals surface area contributed by atoms with E-state index in [9.17, 15) is 14.9 Å². The average Bonchev–Trinajstić information content (AvgIpc) is 3.08. The number of aromatic nitrogens is 3. The standard InChI is InChI=1S/C24H28N6O4/c1-16-7-8-17(23-28-27-22-6-4-3-5-12-29(22)23)14-20(16)26-24(31)18-9-10-19(25-11-13-34-2)21(15-18)30(32)33/h7-10,14-15,25H,3-6,11-13H2,1-2H3,(H,26,31). The highest BCUT2D eigenvalue weighted by Crippen LogP contribution is 2.29. The molecule has 1 aliphatic rings. The third kappa shape index (κ3) is 5.07. The second-order valence-electron chi connectivity index (χ2n) is 8.29. The van der Waals surface area contributed by atoms with Gasteiger partial charge in [-0.25, -0.2) is 0 Å². The van der Waals surface area contributed by atoms with Crippen LogP contribution in [0.4, 0.5) is 17.1 Å². The van der Waals surface area contributed by atoms with Gasteiger partial charge in [0.2, 0.25) is 0 Å². The van der Waals surface area contributed by atoms with Crippen molar-refractivity contribution in [1.29, 1.82) is 0 Å². The monoisotopic (exact) mass is 464 g/mol. The number of nitro groups is 1. The third-order valence-electron chi connectivity index (χ3n) is 5.93. The number of fused-ring (bicyclic) bond motifs is 1. The van der Waals surface area contributed by atoms with Crippen LogP contribution in [0.3, 0.4) is 0 Å². The van der Waals surface area contributed by atoms with Crippen molar-refractivity contribution >= 4 is 23.0 Å². The molecular weight excluding hydrogens is 436 g/mol. The summed E-state index contributed by atoms with van der Waals surface area (Å²) in [5.41, 5.74) is 2.73. The second-order valence-corrected chi connectivity index (χ2v) is 8.29. The van der Waals surface area contributed by atoms with Crippen molar-refractivity contribution in [3.63, 3.8) is 0 Å². The fraction of sp³-hybridized carbons (Fsp3) is 0.375. The first kappa shape index (κ1) is 23.4. The molecule has 0 unspecified atom stereocenters. The molecule has 1 aromatic heterocycles. The van der Waals surface area contributed by atoms with Crippen molar-refractivity contribution in [2.24, 2.45) is 0 Å². The number of nitrogens with one attached hydrogen (secondary N) is 2. The van der Waals surface area contributed by atoms with E-state index in [4.69, 9.17) is 4.74 Å². The normalized spacial score (nSPS) is 13.1. The van der Waals surface area contributed by atoms with Crippen LogP contribution in [0.5, 0.6) is 0 Å². The van der Waals surface area contributed by atoms with Crippen molar-refractivity contribution in [2.45, 2.75) is 39.2 Å². The van der Waals surface area contributed by atoms with Crippen LogP contribution in [0, 0.1) is 17.0 Å². The van der Waals surface area contributed by atoms with Gasteiger partial charge < -0.3 is 19.9 Å². The number of nitrogens with zero attached hydrogens (tertiary/aromatic N) is 4. The Hall–Kier alpha value is -3.79. The summed E-state index contributed by atoms with van der Waals surface area (Å²) in [5.74, 6) is 1.35. The van der Waals surface area contributed by atoms with E-state index in [1.807, 2.05) is 25.1 Å². The summed E-state index contributed by atoms with van der Waals surface area (Å²) in [4.78, 5) is 24.0. The molecule has 0 spiro atoms. The number of carbonyl (C=O) groups is 1.